The van der Waals surface area contributed by atoms with Crippen molar-refractivity contribution in [3.05, 3.63) is 12.4 Å². The van der Waals surface area contributed by atoms with Crippen molar-refractivity contribution in [1.82, 2.24) is 20.3 Å². The molecule has 0 unspecified atom stereocenters. The molecule has 1 N–H and O–H groups in total. The summed E-state index contributed by atoms with van der Waals surface area (Å²) >= 11 is 0. The molecule has 0 aliphatic heterocycles. The summed E-state index contributed by atoms with van der Waals surface area (Å²) in [5.41, 5.74) is -0.475. The lowest BCUT2D eigenvalue weighted by atomic mass is 10.2. The van der Waals surface area contributed by atoms with Crippen LogP contribution < -0.4 is 5.32 Å². The molecule has 6 heteroatoms. The van der Waals surface area contributed by atoms with Gasteiger partial charge < -0.3 is 10.1 Å². The molecule has 0 spiro atoms. The number of nitrogens with zero attached hydrogens (tertiary/aromatic N) is 3. The van der Waals surface area contributed by atoms with Crippen molar-refractivity contribution < 1.29 is 9.53 Å². The molecule has 0 saturated carbocycles. The zero-order valence-corrected chi connectivity index (χ0v) is 10.1. The average molecular weight is 226 g/mol. The van der Waals surface area contributed by atoms with E-state index in [1.807, 2.05) is 27.7 Å². The molecule has 16 heavy (non-hydrogen) atoms. The second-order valence-electron chi connectivity index (χ2n) is 4.67. The van der Waals surface area contributed by atoms with E-state index in [1.54, 1.807) is 17.1 Å². The first-order valence-corrected chi connectivity index (χ1v) is 5.20. The molecule has 6 nitrogen and oxygen atoms in total. The maximum atomic E-state index is 11.4. The second kappa shape index (κ2) is 4.96. The minimum Gasteiger partial charge on any atom is -0.444 e. The summed E-state index contributed by atoms with van der Waals surface area (Å²) in [6.45, 7) is 7.93. The molecule has 1 amide bonds. The number of amides is 1. The minimum absolute atomic E-state index is 0.0588. The van der Waals surface area contributed by atoms with E-state index in [0.29, 0.717) is 6.54 Å². The van der Waals surface area contributed by atoms with E-state index in [9.17, 15) is 4.79 Å². The minimum atomic E-state index is -0.475. The molecule has 1 rings (SSSR count). The number of carbonyl (C=O) groups is 1. The largest absolute Gasteiger partial charge is 0.444 e. The van der Waals surface area contributed by atoms with Crippen molar-refractivity contribution in [2.24, 2.45) is 0 Å². The predicted octanol–water partition coefficient (Wildman–Crippen LogP) is 1.19. The molecule has 1 heterocycles. The fraction of sp³-hybridized carbons (Fsp3) is 0.700. The zero-order valence-electron chi connectivity index (χ0n) is 10.1. The van der Waals surface area contributed by atoms with E-state index in [-0.39, 0.29) is 6.04 Å². The first-order valence-electron chi connectivity index (χ1n) is 5.20. The van der Waals surface area contributed by atoms with Gasteiger partial charge in [0.2, 0.25) is 0 Å². The third kappa shape index (κ3) is 4.77. The Bertz CT molecular complexity index is 329. The summed E-state index contributed by atoms with van der Waals surface area (Å²) in [5.74, 6) is 0. The van der Waals surface area contributed by atoms with Gasteiger partial charge in [-0.15, -0.1) is 5.10 Å². The molecule has 0 aliphatic carbocycles. The number of nitrogens with one attached hydrogen (secondary N) is 1. The Labute approximate surface area is 95.0 Å². The normalized spacial score (nSPS) is 13.2. The molecule has 1 atom stereocenters. The third-order valence-electron chi connectivity index (χ3n) is 1.70. The first-order chi connectivity index (χ1) is 7.37. The van der Waals surface area contributed by atoms with Gasteiger partial charge in [-0.05, 0) is 27.7 Å². The van der Waals surface area contributed by atoms with Crippen molar-refractivity contribution in [2.45, 2.75) is 45.9 Å². The zero-order chi connectivity index (χ0) is 12.2. The van der Waals surface area contributed by atoms with Crippen molar-refractivity contribution in [1.29, 1.82) is 0 Å². The Kier molecular flexibility index (Phi) is 3.87. The lowest BCUT2D eigenvalue weighted by Gasteiger charge is -2.21. The molecule has 0 fully saturated rings. The Morgan fingerprint density at radius 3 is 2.75 bits per heavy atom. The topological polar surface area (TPSA) is 69.0 Å². The van der Waals surface area contributed by atoms with Crippen LogP contribution in [-0.4, -0.2) is 32.7 Å². The van der Waals surface area contributed by atoms with E-state index >= 15 is 0 Å². The maximum absolute atomic E-state index is 11.4. The number of ether oxygens (including phenoxy) is 1. The molecule has 1 aromatic rings. The van der Waals surface area contributed by atoms with Crippen LogP contribution in [0.4, 0.5) is 4.79 Å². The van der Waals surface area contributed by atoms with Crippen molar-refractivity contribution in [3.8, 4) is 0 Å². The standard InChI is InChI=1S/C10H18N4O2/c1-8(7-14-6-5-11-13-14)12-9(15)16-10(2,3)4/h5-6,8H,7H2,1-4H3,(H,12,15)/t8-/m0/s1. The Balaban J connectivity index is 2.34. The highest BCUT2D eigenvalue weighted by molar-refractivity contribution is 5.67. The molecule has 90 valence electrons. The van der Waals surface area contributed by atoms with Gasteiger partial charge in [0.15, 0.2) is 0 Å². The summed E-state index contributed by atoms with van der Waals surface area (Å²) in [4.78, 5) is 11.4. The summed E-state index contributed by atoms with van der Waals surface area (Å²) < 4.78 is 6.79. The molecule has 0 bridgehead atoms. The molecular formula is C10H18N4O2. The van der Waals surface area contributed by atoms with Gasteiger partial charge in [-0.2, -0.15) is 0 Å². The fourth-order valence-electron chi connectivity index (χ4n) is 1.17. The van der Waals surface area contributed by atoms with Gasteiger partial charge in [0.05, 0.1) is 12.7 Å². The van der Waals surface area contributed by atoms with Crippen LogP contribution in [-0.2, 0) is 11.3 Å². The fourth-order valence-corrected chi connectivity index (χ4v) is 1.17. The Morgan fingerprint density at radius 2 is 2.25 bits per heavy atom. The molecule has 0 aromatic carbocycles. The van der Waals surface area contributed by atoms with Gasteiger partial charge in [-0.3, -0.25) is 4.68 Å². The second-order valence-corrected chi connectivity index (χ2v) is 4.67. The van der Waals surface area contributed by atoms with Crippen molar-refractivity contribution in [2.75, 3.05) is 0 Å². The first kappa shape index (κ1) is 12.5. The van der Waals surface area contributed by atoms with Crippen LogP contribution in [0.3, 0.4) is 0 Å². The average Bonchev–Trinajstić information content (AvgIpc) is 2.51. The summed E-state index contributed by atoms with van der Waals surface area (Å²) in [5, 5.41) is 10.2. The van der Waals surface area contributed by atoms with Gasteiger partial charge in [-0.1, -0.05) is 5.21 Å². The van der Waals surface area contributed by atoms with E-state index in [1.165, 1.54) is 0 Å². The van der Waals surface area contributed by atoms with Crippen LogP contribution in [0.15, 0.2) is 12.4 Å². The van der Waals surface area contributed by atoms with E-state index in [4.69, 9.17) is 4.74 Å². The molecule has 0 saturated heterocycles. The van der Waals surface area contributed by atoms with Gasteiger partial charge in [0.1, 0.15) is 5.60 Å². The van der Waals surface area contributed by atoms with Gasteiger partial charge >= 0.3 is 6.09 Å². The number of carbonyl (C=O) groups excluding carboxylic acids is 1. The lowest BCUT2D eigenvalue weighted by Crippen LogP contribution is -2.39. The molecular weight excluding hydrogens is 208 g/mol. The van der Waals surface area contributed by atoms with Crippen molar-refractivity contribution >= 4 is 6.09 Å². The predicted molar refractivity (Wildman–Crippen MR) is 58.9 cm³/mol. The van der Waals surface area contributed by atoms with Crippen LogP contribution in [0.5, 0.6) is 0 Å². The van der Waals surface area contributed by atoms with Crippen LogP contribution in [0, 0.1) is 0 Å². The number of rotatable bonds is 3. The molecule has 1 aromatic heterocycles. The number of aromatic nitrogens is 3. The smallest absolute Gasteiger partial charge is 0.407 e. The van der Waals surface area contributed by atoms with Crippen LogP contribution in [0.1, 0.15) is 27.7 Å². The third-order valence-corrected chi connectivity index (χ3v) is 1.70. The van der Waals surface area contributed by atoms with E-state index in [0.717, 1.165) is 0 Å². The molecule has 0 radical (unpaired) electrons. The number of hydrogen-bond donors (Lipinski definition) is 1. The SMILES string of the molecule is C[C@@H](Cn1ccnn1)NC(=O)OC(C)(C)C. The maximum Gasteiger partial charge on any atom is 0.407 e. The summed E-state index contributed by atoms with van der Waals surface area (Å²) in [6, 6.07) is -0.0588. The van der Waals surface area contributed by atoms with Crippen molar-refractivity contribution in [3.63, 3.8) is 0 Å². The van der Waals surface area contributed by atoms with Gasteiger partial charge in [0, 0.05) is 12.2 Å². The number of alkyl carbamates (subject to hydrolysis) is 1. The summed E-state index contributed by atoms with van der Waals surface area (Å²) in [6.07, 6.45) is 2.92. The molecule has 0 aliphatic rings. The van der Waals surface area contributed by atoms with Crippen LogP contribution in [0.2, 0.25) is 0 Å². The highest BCUT2D eigenvalue weighted by atomic mass is 16.6. The quantitative estimate of drug-likeness (QED) is 0.840. The summed E-state index contributed by atoms with van der Waals surface area (Å²) in [7, 11) is 0. The van der Waals surface area contributed by atoms with E-state index in [2.05, 4.69) is 15.6 Å². The monoisotopic (exact) mass is 226 g/mol. The lowest BCUT2D eigenvalue weighted by molar-refractivity contribution is 0.0503. The van der Waals surface area contributed by atoms with E-state index < -0.39 is 11.7 Å². The van der Waals surface area contributed by atoms with Crippen LogP contribution >= 0.6 is 0 Å². The highest BCUT2D eigenvalue weighted by Crippen LogP contribution is 2.06. The number of hydrogen-bond acceptors (Lipinski definition) is 4. The van der Waals surface area contributed by atoms with Gasteiger partial charge in [0.25, 0.3) is 0 Å². The Hall–Kier alpha value is -1.59. The highest BCUT2D eigenvalue weighted by Gasteiger charge is 2.17. The van der Waals surface area contributed by atoms with Crippen LogP contribution in [0.25, 0.3) is 0 Å². The Morgan fingerprint density at radius 1 is 1.56 bits per heavy atom. The van der Waals surface area contributed by atoms with Gasteiger partial charge in [-0.25, -0.2) is 4.79 Å².